The van der Waals surface area contributed by atoms with Gasteiger partial charge in [0.2, 0.25) is 0 Å². The molecule has 13 heavy (non-hydrogen) atoms. The van der Waals surface area contributed by atoms with E-state index in [4.69, 9.17) is 14.9 Å². The second-order valence-electron chi connectivity index (χ2n) is 3.73. The van der Waals surface area contributed by atoms with E-state index in [1.165, 1.54) is 4.90 Å². The van der Waals surface area contributed by atoms with Gasteiger partial charge in [-0.2, -0.15) is 0 Å². The molecule has 0 aromatic heterocycles. The van der Waals surface area contributed by atoms with Gasteiger partial charge in [-0.3, -0.25) is 0 Å². The number of likely N-dealkylation sites (tertiary alicyclic amines) is 1. The number of hydrogen-bond acceptors (Lipinski definition) is 3. The van der Waals surface area contributed by atoms with E-state index in [0.717, 1.165) is 6.42 Å². The third-order valence-electron chi connectivity index (χ3n) is 2.93. The average molecular weight is 187 g/mol. The number of aliphatic hydroxyl groups is 1. The number of hydrogen-bond donors (Lipinski definition) is 2. The van der Waals surface area contributed by atoms with Crippen molar-refractivity contribution in [1.82, 2.24) is 4.90 Å². The first-order chi connectivity index (χ1) is 6.17. The molecule has 1 unspecified atom stereocenters. The Balaban J connectivity index is 2.07. The molecule has 0 radical (unpaired) electrons. The molecule has 2 N–H and O–H groups in total. The fourth-order valence-corrected chi connectivity index (χ4v) is 2.11. The van der Waals surface area contributed by atoms with Crippen LogP contribution in [0.5, 0.6) is 0 Å². The highest BCUT2D eigenvalue weighted by Gasteiger charge is 2.50. The summed E-state index contributed by atoms with van der Waals surface area (Å²) in [5, 5.41) is 17.8. The van der Waals surface area contributed by atoms with Crippen molar-refractivity contribution in [2.24, 2.45) is 0 Å². The molecule has 1 amide bonds. The predicted octanol–water partition coefficient (Wildman–Crippen LogP) is -0.110. The number of carbonyl (C=O) groups is 1. The van der Waals surface area contributed by atoms with Gasteiger partial charge < -0.3 is 19.8 Å². The van der Waals surface area contributed by atoms with Crippen LogP contribution in [0.2, 0.25) is 0 Å². The number of ether oxygens (including phenoxy) is 1. The largest absolute Gasteiger partial charge is 0.465 e. The van der Waals surface area contributed by atoms with Crippen LogP contribution in [0.4, 0.5) is 4.79 Å². The lowest BCUT2D eigenvalue weighted by molar-refractivity contribution is -0.136. The Morgan fingerprint density at radius 1 is 1.69 bits per heavy atom. The molecule has 0 saturated carbocycles. The molecule has 0 aliphatic carbocycles. The molecule has 0 aromatic rings. The van der Waals surface area contributed by atoms with Crippen LogP contribution in [-0.2, 0) is 4.74 Å². The van der Waals surface area contributed by atoms with E-state index in [-0.39, 0.29) is 18.2 Å². The van der Waals surface area contributed by atoms with Crippen LogP contribution < -0.4 is 0 Å². The molecule has 2 aliphatic heterocycles. The van der Waals surface area contributed by atoms with Gasteiger partial charge in [0.15, 0.2) is 0 Å². The van der Waals surface area contributed by atoms with Crippen LogP contribution in [0.25, 0.3) is 0 Å². The van der Waals surface area contributed by atoms with Crippen LogP contribution in [0, 0.1) is 0 Å². The number of carboxylic acid groups (broad SMARTS) is 1. The van der Waals surface area contributed by atoms with Gasteiger partial charge in [0.05, 0.1) is 31.4 Å². The van der Waals surface area contributed by atoms with Crippen LogP contribution in [0.3, 0.4) is 0 Å². The summed E-state index contributed by atoms with van der Waals surface area (Å²) < 4.78 is 5.38. The molecule has 2 heterocycles. The van der Waals surface area contributed by atoms with Crippen molar-refractivity contribution >= 4 is 6.09 Å². The first-order valence-electron chi connectivity index (χ1n) is 4.41. The highest BCUT2D eigenvalue weighted by molar-refractivity contribution is 5.66. The first kappa shape index (κ1) is 8.77. The van der Waals surface area contributed by atoms with Crippen LogP contribution in [0.1, 0.15) is 12.8 Å². The van der Waals surface area contributed by atoms with Gasteiger partial charge in [-0.1, -0.05) is 0 Å². The summed E-state index contributed by atoms with van der Waals surface area (Å²) in [5.41, 5.74) is -0.272. The van der Waals surface area contributed by atoms with Gasteiger partial charge in [0.25, 0.3) is 0 Å². The Hall–Kier alpha value is -0.810. The van der Waals surface area contributed by atoms with Gasteiger partial charge in [-0.05, 0) is 0 Å². The molecule has 2 aliphatic rings. The average Bonchev–Trinajstić information content (AvgIpc) is 2.42. The van der Waals surface area contributed by atoms with E-state index in [0.29, 0.717) is 19.6 Å². The standard InChI is InChI=1S/C8H13NO4/c10-4-6-3-8(1-2-13-8)5-9(6)7(11)12/h6,10H,1-5H2,(H,11,12)/t6-,8?/m0/s1. The zero-order chi connectivity index (χ0) is 9.47. The van der Waals surface area contributed by atoms with E-state index >= 15 is 0 Å². The van der Waals surface area contributed by atoms with Crippen LogP contribution in [0.15, 0.2) is 0 Å². The van der Waals surface area contributed by atoms with E-state index < -0.39 is 6.09 Å². The zero-order valence-corrected chi connectivity index (χ0v) is 7.27. The smallest absolute Gasteiger partial charge is 0.407 e. The molecule has 2 fully saturated rings. The Bertz CT molecular complexity index is 226. The lowest BCUT2D eigenvalue weighted by Crippen LogP contribution is -2.46. The topological polar surface area (TPSA) is 70.0 Å². The maximum absolute atomic E-state index is 10.8. The highest BCUT2D eigenvalue weighted by atomic mass is 16.5. The molecule has 0 bridgehead atoms. The van der Waals surface area contributed by atoms with Crippen molar-refractivity contribution in [2.45, 2.75) is 24.5 Å². The number of rotatable bonds is 1. The maximum Gasteiger partial charge on any atom is 0.407 e. The fourth-order valence-electron chi connectivity index (χ4n) is 2.11. The van der Waals surface area contributed by atoms with E-state index in [2.05, 4.69) is 0 Å². The van der Waals surface area contributed by atoms with Crippen molar-refractivity contribution in [1.29, 1.82) is 0 Å². The second kappa shape index (κ2) is 2.85. The third-order valence-corrected chi connectivity index (χ3v) is 2.93. The molecule has 2 atom stereocenters. The minimum atomic E-state index is -0.966. The van der Waals surface area contributed by atoms with Gasteiger partial charge in [-0.25, -0.2) is 4.79 Å². The quantitative estimate of drug-likeness (QED) is 0.601. The van der Waals surface area contributed by atoms with Crippen molar-refractivity contribution < 1.29 is 19.7 Å². The molecular formula is C8H13NO4. The Labute approximate surface area is 75.9 Å². The number of nitrogens with zero attached hydrogens (tertiary/aromatic N) is 1. The second-order valence-corrected chi connectivity index (χ2v) is 3.73. The van der Waals surface area contributed by atoms with Gasteiger partial charge in [-0.15, -0.1) is 0 Å². The lowest BCUT2D eigenvalue weighted by Gasteiger charge is -2.37. The lowest BCUT2D eigenvalue weighted by atomic mass is 9.92. The summed E-state index contributed by atoms with van der Waals surface area (Å²) in [6.45, 7) is 1.01. The number of aliphatic hydroxyl groups excluding tert-OH is 1. The first-order valence-corrected chi connectivity index (χ1v) is 4.41. The Kier molecular flexibility index (Phi) is 1.92. The SMILES string of the molecule is O=C(O)N1CC2(CCO2)C[C@H]1CO. The molecule has 2 rings (SSSR count). The zero-order valence-electron chi connectivity index (χ0n) is 7.27. The molecular weight excluding hydrogens is 174 g/mol. The van der Waals surface area contributed by atoms with Gasteiger partial charge >= 0.3 is 6.09 Å². The monoisotopic (exact) mass is 187 g/mol. The van der Waals surface area contributed by atoms with Crippen LogP contribution >= 0.6 is 0 Å². The van der Waals surface area contributed by atoms with E-state index in [9.17, 15) is 4.79 Å². The summed E-state index contributed by atoms with van der Waals surface area (Å²) in [5.74, 6) is 0. The maximum atomic E-state index is 10.8. The highest BCUT2D eigenvalue weighted by Crippen LogP contribution is 2.39. The number of amides is 1. The summed E-state index contributed by atoms with van der Waals surface area (Å²) in [6, 6.07) is -0.280. The molecule has 2 saturated heterocycles. The molecule has 5 nitrogen and oxygen atoms in total. The van der Waals surface area contributed by atoms with Crippen molar-refractivity contribution in [3.8, 4) is 0 Å². The Morgan fingerprint density at radius 3 is 2.69 bits per heavy atom. The molecule has 1 spiro atoms. The Morgan fingerprint density at radius 2 is 2.38 bits per heavy atom. The third kappa shape index (κ3) is 1.28. The van der Waals surface area contributed by atoms with Crippen molar-refractivity contribution in [3.05, 3.63) is 0 Å². The van der Waals surface area contributed by atoms with E-state index in [1.54, 1.807) is 0 Å². The predicted molar refractivity (Wildman–Crippen MR) is 43.5 cm³/mol. The summed E-state index contributed by atoms with van der Waals surface area (Å²) in [4.78, 5) is 12.0. The summed E-state index contributed by atoms with van der Waals surface area (Å²) >= 11 is 0. The van der Waals surface area contributed by atoms with Crippen molar-refractivity contribution in [3.63, 3.8) is 0 Å². The van der Waals surface area contributed by atoms with E-state index in [1.807, 2.05) is 0 Å². The molecule has 0 aromatic carbocycles. The van der Waals surface area contributed by atoms with Gasteiger partial charge in [0, 0.05) is 12.8 Å². The van der Waals surface area contributed by atoms with Crippen LogP contribution in [-0.4, -0.2) is 52.6 Å². The molecule has 5 heteroatoms. The summed E-state index contributed by atoms with van der Waals surface area (Å²) in [7, 11) is 0. The van der Waals surface area contributed by atoms with Gasteiger partial charge in [0.1, 0.15) is 0 Å². The summed E-state index contributed by atoms with van der Waals surface area (Å²) in [6.07, 6.45) is 0.578. The fraction of sp³-hybridized carbons (Fsp3) is 0.875. The molecule has 74 valence electrons. The van der Waals surface area contributed by atoms with Crippen molar-refractivity contribution in [2.75, 3.05) is 19.8 Å². The minimum absolute atomic E-state index is 0.114. The normalized spacial score (nSPS) is 37.9. The minimum Gasteiger partial charge on any atom is -0.465 e.